The first-order chi connectivity index (χ1) is 8.56. The fourth-order valence-electron chi connectivity index (χ4n) is 1.50. The van der Waals surface area contributed by atoms with Crippen LogP contribution >= 0.6 is 11.6 Å². The van der Waals surface area contributed by atoms with Gasteiger partial charge in [-0.2, -0.15) is 0 Å². The molecule has 1 aromatic carbocycles. The Balaban J connectivity index is 2.30. The second-order valence-corrected chi connectivity index (χ2v) is 4.01. The predicted octanol–water partition coefficient (Wildman–Crippen LogP) is 3.33. The highest BCUT2D eigenvalue weighted by molar-refractivity contribution is 6.28. The monoisotopic (exact) mass is 267 g/mol. The van der Waals surface area contributed by atoms with Gasteiger partial charge in [-0.1, -0.05) is 0 Å². The molecule has 4 nitrogen and oxygen atoms in total. The van der Waals surface area contributed by atoms with Gasteiger partial charge < -0.3 is 10.1 Å². The van der Waals surface area contributed by atoms with Crippen LogP contribution in [0.1, 0.15) is 5.69 Å². The van der Waals surface area contributed by atoms with E-state index >= 15 is 0 Å². The smallest absolute Gasteiger partial charge is 0.224 e. The van der Waals surface area contributed by atoms with Gasteiger partial charge in [0.05, 0.1) is 7.11 Å². The number of rotatable bonds is 3. The number of ether oxygens (including phenoxy) is 1. The fourth-order valence-corrected chi connectivity index (χ4v) is 1.72. The van der Waals surface area contributed by atoms with Gasteiger partial charge in [0.1, 0.15) is 17.4 Å². The summed E-state index contributed by atoms with van der Waals surface area (Å²) in [7, 11) is 1.48. The van der Waals surface area contributed by atoms with E-state index in [4.69, 9.17) is 16.3 Å². The maximum absolute atomic E-state index is 13.3. The Morgan fingerprint density at radius 1 is 1.22 bits per heavy atom. The maximum Gasteiger partial charge on any atom is 0.224 e. The molecule has 1 aromatic heterocycles. The topological polar surface area (TPSA) is 47.0 Å². The van der Waals surface area contributed by atoms with Crippen LogP contribution in [0.3, 0.4) is 0 Å². The first kappa shape index (κ1) is 12.6. The van der Waals surface area contributed by atoms with Crippen LogP contribution in [0.5, 0.6) is 5.75 Å². The molecule has 1 heterocycles. The van der Waals surface area contributed by atoms with Crippen LogP contribution in [0.15, 0.2) is 24.3 Å². The Morgan fingerprint density at radius 2 is 2.00 bits per heavy atom. The van der Waals surface area contributed by atoms with E-state index < -0.39 is 5.82 Å². The van der Waals surface area contributed by atoms with Gasteiger partial charge in [0.25, 0.3) is 0 Å². The zero-order chi connectivity index (χ0) is 13.1. The van der Waals surface area contributed by atoms with Crippen molar-refractivity contribution in [3.63, 3.8) is 0 Å². The summed E-state index contributed by atoms with van der Waals surface area (Å²) >= 11 is 5.75. The average Bonchev–Trinajstić information content (AvgIpc) is 2.26. The molecule has 0 fully saturated rings. The molecule has 0 saturated heterocycles. The number of halogens is 2. The van der Waals surface area contributed by atoms with Gasteiger partial charge in [-0.15, -0.1) is 0 Å². The van der Waals surface area contributed by atoms with E-state index in [9.17, 15) is 4.39 Å². The summed E-state index contributed by atoms with van der Waals surface area (Å²) in [6, 6.07) is 6.01. The SMILES string of the molecule is COc1cc(F)cc(Nc2cc(C)nc(Cl)n2)c1. The second-order valence-electron chi connectivity index (χ2n) is 3.67. The summed E-state index contributed by atoms with van der Waals surface area (Å²) in [6.07, 6.45) is 0. The fraction of sp³-hybridized carbons (Fsp3) is 0.167. The Bertz CT molecular complexity index is 557. The lowest BCUT2D eigenvalue weighted by molar-refractivity contribution is 0.411. The Hall–Kier alpha value is -1.88. The standard InChI is InChI=1S/C12H11ClFN3O/c1-7-3-11(17-12(13)15-7)16-9-4-8(14)5-10(6-9)18-2/h3-6H,1-2H3,(H,15,16,17). The molecule has 0 aliphatic carbocycles. The van der Waals surface area contributed by atoms with Crippen molar-refractivity contribution in [2.24, 2.45) is 0 Å². The predicted molar refractivity (Wildman–Crippen MR) is 68.0 cm³/mol. The van der Waals surface area contributed by atoms with E-state index in [-0.39, 0.29) is 5.28 Å². The van der Waals surface area contributed by atoms with E-state index in [0.29, 0.717) is 17.3 Å². The largest absolute Gasteiger partial charge is 0.497 e. The molecule has 0 bridgehead atoms. The van der Waals surface area contributed by atoms with E-state index in [1.54, 1.807) is 19.1 Å². The Labute approximate surface area is 109 Å². The van der Waals surface area contributed by atoms with E-state index in [2.05, 4.69) is 15.3 Å². The highest BCUT2D eigenvalue weighted by Crippen LogP contribution is 2.23. The molecule has 0 unspecified atom stereocenters. The van der Waals surface area contributed by atoms with E-state index in [1.807, 2.05) is 0 Å². The minimum absolute atomic E-state index is 0.140. The third-order valence-corrected chi connectivity index (χ3v) is 2.38. The third-order valence-electron chi connectivity index (χ3n) is 2.21. The summed E-state index contributed by atoms with van der Waals surface area (Å²) in [4.78, 5) is 7.94. The molecule has 94 valence electrons. The van der Waals surface area contributed by atoms with Crippen molar-refractivity contribution >= 4 is 23.1 Å². The molecule has 6 heteroatoms. The number of benzene rings is 1. The molecule has 0 saturated carbocycles. The second kappa shape index (κ2) is 5.18. The molecular formula is C12H11ClFN3O. The van der Waals surface area contributed by atoms with Gasteiger partial charge in [-0.05, 0) is 24.6 Å². The summed E-state index contributed by atoms with van der Waals surface area (Å²) < 4.78 is 18.3. The van der Waals surface area contributed by atoms with Crippen molar-refractivity contribution in [3.05, 3.63) is 41.1 Å². The molecule has 0 aliphatic rings. The molecule has 2 rings (SSSR count). The zero-order valence-corrected chi connectivity index (χ0v) is 10.6. The van der Waals surface area contributed by atoms with Crippen molar-refractivity contribution in [3.8, 4) is 5.75 Å². The number of methoxy groups -OCH3 is 1. The van der Waals surface area contributed by atoms with Crippen LogP contribution in [0.4, 0.5) is 15.9 Å². The van der Waals surface area contributed by atoms with Crippen molar-refractivity contribution in [2.75, 3.05) is 12.4 Å². The molecule has 0 spiro atoms. The molecule has 18 heavy (non-hydrogen) atoms. The molecule has 1 N–H and O–H groups in total. The number of aryl methyl sites for hydroxylation is 1. The van der Waals surface area contributed by atoms with Gasteiger partial charge >= 0.3 is 0 Å². The lowest BCUT2D eigenvalue weighted by atomic mass is 10.3. The number of hydrogen-bond donors (Lipinski definition) is 1. The lowest BCUT2D eigenvalue weighted by Crippen LogP contribution is -1.97. The number of nitrogens with one attached hydrogen (secondary N) is 1. The number of nitrogens with zero attached hydrogens (tertiary/aromatic N) is 2. The first-order valence-electron chi connectivity index (χ1n) is 5.19. The van der Waals surface area contributed by atoms with Crippen LogP contribution in [-0.4, -0.2) is 17.1 Å². The van der Waals surface area contributed by atoms with Gasteiger partial charge in [0.15, 0.2) is 0 Å². The molecular weight excluding hydrogens is 257 g/mol. The summed E-state index contributed by atoms with van der Waals surface area (Å²) in [5, 5.41) is 3.09. The zero-order valence-electron chi connectivity index (χ0n) is 9.87. The van der Waals surface area contributed by atoms with Crippen LogP contribution in [0.2, 0.25) is 5.28 Å². The highest BCUT2D eigenvalue weighted by Gasteiger charge is 2.04. The average molecular weight is 268 g/mol. The summed E-state index contributed by atoms with van der Waals surface area (Å²) in [6.45, 7) is 1.80. The molecule has 0 aliphatic heterocycles. The van der Waals surface area contributed by atoms with Crippen LogP contribution in [0.25, 0.3) is 0 Å². The lowest BCUT2D eigenvalue weighted by Gasteiger charge is -2.08. The van der Waals surface area contributed by atoms with Gasteiger partial charge in [0.2, 0.25) is 5.28 Å². The molecule has 2 aromatic rings. The quantitative estimate of drug-likeness (QED) is 0.867. The van der Waals surface area contributed by atoms with Crippen LogP contribution < -0.4 is 10.1 Å². The highest BCUT2D eigenvalue weighted by atomic mass is 35.5. The van der Waals surface area contributed by atoms with Crippen molar-refractivity contribution in [2.45, 2.75) is 6.92 Å². The number of hydrogen-bond acceptors (Lipinski definition) is 4. The van der Waals surface area contributed by atoms with Gasteiger partial charge in [-0.25, -0.2) is 14.4 Å². The van der Waals surface area contributed by atoms with Gasteiger partial charge in [-0.3, -0.25) is 0 Å². The van der Waals surface area contributed by atoms with E-state index in [1.165, 1.54) is 19.2 Å². The van der Waals surface area contributed by atoms with Crippen molar-refractivity contribution in [1.82, 2.24) is 9.97 Å². The normalized spacial score (nSPS) is 10.2. The number of anilines is 2. The molecule has 0 amide bonds. The van der Waals surface area contributed by atoms with Crippen LogP contribution in [0, 0.1) is 12.7 Å². The Morgan fingerprint density at radius 3 is 2.67 bits per heavy atom. The van der Waals surface area contributed by atoms with Gasteiger partial charge in [0, 0.05) is 29.6 Å². The van der Waals surface area contributed by atoms with E-state index in [0.717, 1.165) is 5.69 Å². The molecule has 0 atom stereocenters. The minimum atomic E-state index is -0.395. The van der Waals surface area contributed by atoms with Crippen LogP contribution in [-0.2, 0) is 0 Å². The van der Waals surface area contributed by atoms with Crippen molar-refractivity contribution in [1.29, 1.82) is 0 Å². The summed E-state index contributed by atoms with van der Waals surface area (Å²) in [5.74, 6) is 0.531. The summed E-state index contributed by atoms with van der Waals surface area (Å²) in [5.41, 5.74) is 1.25. The Kier molecular flexibility index (Phi) is 3.62. The first-order valence-corrected chi connectivity index (χ1v) is 5.57. The third kappa shape index (κ3) is 3.07. The minimum Gasteiger partial charge on any atom is -0.497 e. The van der Waals surface area contributed by atoms with Crippen molar-refractivity contribution < 1.29 is 9.13 Å². The maximum atomic E-state index is 13.3. The molecule has 0 radical (unpaired) electrons. The number of aromatic nitrogens is 2.